The first-order valence-corrected chi connectivity index (χ1v) is 7.37. The molecule has 3 atom stereocenters. The minimum Gasteiger partial charge on any atom is -0.480 e. The first kappa shape index (κ1) is 12.6. The fourth-order valence-electron chi connectivity index (χ4n) is 3.16. The van der Waals surface area contributed by atoms with Crippen LogP contribution in [0.15, 0.2) is 12.1 Å². The minimum absolute atomic E-state index is 0.427. The fourth-order valence-corrected chi connectivity index (χ4v) is 3.16. The van der Waals surface area contributed by atoms with E-state index >= 15 is 0 Å². The SMILES string of the molecule is CC1CC1c1nnc2ccc(N3CCC[C@H]3C(=O)O)nn12. The number of carboxylic acid groups (broad SMARTS) is 1. The van der Waals surface area contributed by atoms with E-state index in [0.717, 1.165) is 30.9 Å². The molecule has 7 nitrogen and oxygen atoms in total. The molecule has 0 radical (unpaired) electrons. The van der Waals surface area contributed by atoms with Gasteiger partial charge >= 0.3 is 5.97 Å². The predicted octanol–water partition coefficient (Wildman–Crippen LogP) is 1.30. The highest BCUT2D eigenvalue weighted by Gasteiger charge is 2.38. The lowest BCUT2D eigenvalue weighted by Gasteiger charge is -2.22. The number of hydrogen-bond acceptors (Lipinski definition) is 5. The Kier molecular flexibility index (Phi) is 2.63. The zero-order valence-corrected chi connectivity index (χ0v) is 11.8. The highest BCUT2D eigenvalue weighted by atomic mass is 16.4. The number of anilines is 1. The van der Waals surface area contributed by atoms with Crippen LogP contribution >= 0.6 is 0 Å². The van der Waals surface area contributed by atoms with Crippen molar-refractivity contribution in [2.45, 2.75) is 38.1 Å². The third kappa shape index (κ3) is 1.95. The maximum atomic E-state index is 11.3. The molecule has 1 N–H and O–H groups in total. The van der Waals surface area contributed by atoms with Gasteiger partial charge in [-0.2, -0.15) is 4.52 Å². The van der Waals surface area contributed by atoms with E-state index in [1.807, 2.05) is 17.0 Å². The molecule has 0 aromatic carbocycles. The van der Waals surface area contributed by atoms with Crippen molar-refractivity contribution in [2.24, 2.45) is 5.92 Å². The zero-order valence-electron chi connectivity index (χ0n) is 11.8. The van der Waals surface area contributed by atoms with E-state index in [-0.39, 0.29) is 0 Å². The molecule has 2 aromatic heterocycles. The molecule has 2 aromatic rings. The summed E-state index contributed by atoms with van der Waals surface area (Å²) in [5.74, 6) is 1.86. The molecule has 0 bridgehead atoms. The lowest BCUT2D eigenvalue weighted by Crippen LogP contribution is -2.36. The largest absolute Gasteiger partial charge is 0.480 e. The molecule has 2 aliphatic rings. The zero-order chi connectivity index (χ0) is 14.6. The highest BCUT2D eigenvalue weighted by molar-refractivity contribution is 5.78. The summed E-state index contributed by atoms with van der Waals surface area (Å²) in [7, 11) is 0. The predicted molar refractivity (Wildman–Crippen MR) is 75.3 cm³/mol. The summed E-state index contributed by atoms with van der Waals surface area (Å²) in [5.41, 5.74) is 0.721. The van der Waals surface area contributed by atoms with Gasteiger partial charge in [0, 0.05) is 12.5 Å². The highest BCUT2D eigenvalue weighted by Crippen LogP contribution is 2.45. The molecular weight excluding hydrogens is 270 g/mol. The Morgan fingerprint density at radius 2 is 2.19 bits per heavy atom. The maximum absolute atomic E-state index is 11.3. The minimum atomic E-state index is -0.783. The number of hydrogen-bond donors (Lipinski definition) is 1. The van der Waals surface area contributed by atoms with Gasteiger partial charge in [0.2, 0.25) is 0 Å². The van der Waals surface area contributed by atoms with Crippen LogP contribution in [0.4, 0.5) is 5.82 Å². The average Bonchev–Trinajstić information content (AvgIpc) is 2.94. The van der Waals surface area contributed by atoms with Crippen LogP contribution in [0.1, 0.15) is 37.9 Å². The van der Waals surface area contributed by atoms with Crippen molar-refractivity contribution < 1.29 is 9.90 Å². The Hall–Kier alpha value is -2.18. The summed E-state index contributed by atoms with van der Waals surface area (Å²) < 4.78 is 1.78. The van der Waals surface area contributed by atoms with Gasteiger partial charge in [0.25, 0.3) is 0 Å². The molecule has 7 heteroatoms. The molecule has 2 fully saturated rings. The Morgan fingerprint density at radius 1 is 1.38 bits per heavy atom. The van der Waals surface area contributed by atoms with Crippen LogP contribution in [0.25, 0.3) is 5.65 Å². The van der Waals surface area contributed by atoms with Gasteiger partial charge in [0.1, 0.15) is 11.9 Å². The molecule has 1 aliphatic carbocycles. The molecule has 0 spiro atoms. The van der Waals surface area contributed by atoms with E-state index in [1.54, 1.807) is 4.52 Å². The first-order valence-electron chi connectivity index (χ1n) is 7.37. The van der Waals surface area contributed by atoms with Gasteiger partial charge in [0.15, 0.2) is 11.5 Å². The summed E-state index contributed by atoms with van der Waals surface area (Å²) in [6, 6.07) is 3.23. The van der Waals surface area contributed by atoms with Crippen LogP contribution < -0.4 is 4.90 Å². The van der Waals surface area contributed by atoms with E-state index in [1.165, 1.54) is 0 Å². The van der Waals surface area contributed by atoms with E-state index < -0.39 is 12.0 Å². The van der Waals surface area contributed by atoms with Gasteiger partial charge in [-0.1, -0.05) is 6.92 Å². The number of carboxylic acids is 1. The Bertz CT molecular complexity index is 712. The maximum Gasteiger partial charge on any atom is 0.326 e. The second-order valence-electron chi connectivity index (χ2n) is 6.03. The van der Waals surface area contributed by atoms with Crippen molar-refractivity contribution in [1.82, 2.24) is 19.8 Å². The molecular formula is C14H17N5O2. The molecule has 1 saturated carbocycles. The van der Waals surface area contributed by atoms with E-state index in [2.05, 4.69) is 22.2 Å². The van der Waals surface area contributed by atoms with Crippen molar-refractivity contribution in [3.63, 3.8) is 0 Å². The average molecular weight is 287 g/mol. The van der Waals surface area contributed by atoms with Crippen LogP contribution in [-0.2, 0) is 4.79 Å². The lowest BCUT2D eigenvalue weighted by molar-refractivity contribution is -0.138. The van der Waals surface area contributed by atoms with E-state index in [4.69, 9.17) is 0 Å². The van der Waals surface area contributed by atoms with Gasteiger partial charge in [0.05, 0.1) is 0 Å². The molecule has 3 heterocycles. The first-order chi connectivity index (χ1) is 10.1. The second kappa shape index (κ2) is 4.41. The van der Waals surface area contributed by atoms with Gasteiger partial charge in [-0.05, 0) is 37.3 Å². The normalized spacial score (nSPS) is 28.2. The number of fused-ring (bicyclic) bond motifs is 1. The summed E-state index contributed by atoms with van der Waals surface area (Å²) >= 11 is 0. The summed E-state index contributed by atoms with van der Waals surface area (Å²) in [6.45, 7) is 2.92. The topological polar surface area (TPSA) is 83.6 Å². The van der Waals surface area contributed by atoms with E-state index in [0.29, 0.717) is 24.1 Å². The molecule has 1 aliphatic heterocycles. The van der Waals surface area contributed by atoms with Crippen molar-refractivity contribution in [3.05, 3.63) is 18.0 Å². The quantitative estimate of drug-likeness (QED) is 0.916. The van der Waals surface area contributed by atoms with Crippen LogP contribution in [0.5, 0.6) is 0 Å². The Labute approximate surface area is 121 Å². The van der Waals surface area contributed by atoms with E-state index in [9.17, 15) is 9.90 Å². The number of carbonyl (C=O) groups is 1. The van der Waals surface area contributed by atoms with Crippen LogP contribution in [0.3, 0.4) is 0 Å². The molecule has 1 saturated heterocycles. The van der Waals surface area contributed by atoms with Crippen molar-refractivity contribution in [3.8, 4) is 0 Å². The van der Waals surface area contributed by atoms with Crippen molar-refractivity contribution in [2.75, 3.05) is 11.4 Å². The molecule has 110 valence electrons. The van der Waals surface area contributed by atoms with Crippen LogP contribution in [0.2, 0.25) is 0 Å². The molecule has 0 amide bonds. The summed E-state index contributed by atoms with van der Waals surface area (Å²) in [6.07, 6.45) is 2.67. The number of rotatable bonds is 3. The second-order valence-corrected chi connectivity index (χ2v) is 6.03. The van der Waals surface area contributed by atoms with Crippen molar-refractivity contribution >= 4 is 17.4 Å². The fraction of sp³-hybridized carbons (Fsp3) is 0.571. The standard InChI is InChI=1S/C14H17N5O2/c1-8-7-9(8)13-16-15-11-4-5-12(17-19(11)13)18-6-2-3-10(18)14(20)21/h4-5,8-10H,2-3,6-7H2,1H3,(H,20,21)/t8?,9?,10-/m0/s1. The Morgan fingerprint density at radius 3 is 2.90 bits per heavy atom. The summed E-state index contributed by atoms with van der Waals surface area (Å²) in [4.78, 5) is 13.2. The van der Waals surface area contributed by atoms with Crippen LogP contribution in [0, 0.1) is 5.92 Å². The number of nitrogens with zero attached hydrogens (tertiary/aromatic N) is 5. The number of aromatic nitrogens is 4. The summed E-state index contributed by atoms with van der Waals surface area (Å²) in [5, 5.41) is 22.3. The third-order valence-electron chi connectivity index (χ3n) is 4.55. The Balaban J connectivity index is 1.74. The molecule has 4 rings (SSSR count). The van der Waals surface area contributed by atoms with Gasteiger partial charge < -0.3 is 10.0 Å². The molecule has 2 unspecified atom stereocenters. The molecule has 21 heavy (non-hydrogen) atoms. The van der Waals surface area contributed by atoms with Crippen molar-refractivity contribution in [1.29, 1.82) is 0 Å². The smallest absolute Gasteiger partial charge is 0.326 e. The van der Waals surface area contributed by atoms with Crippen LogP contribution in [-0.4, -0.2) is 43.5 Å². The van der Waals surface area contributed by atoms with Gasteiger partial charge in [-0.3, -0.25) is 0 Å². The monoisotopic (exact) mass is 287 g/mol. The third-order valence-corrected chi connectivity index (χ3v) is 4.55. The van der Waals surface area contributed by atoms with Gasteiger partial charge in [-0.25, -0.2) is 4.79 Å². The number of aliphatic carboxylic acids is 1. The lowest BCUT2D eigenvalue weighted by atomic mass is 10.2. The van der Waals surface area contributed by atoms with Gasteiger partial charge in [-0.15, -0.1) is 15.3 Å².